The van der Waals surface area contributed by atoms with Crippen LogP contribution in [-0.2, 0) is 6.54 Å². The molecule has 0 aliphatic heterocycles. The van der Waals surface area contributed by atoms with Gasteiger partial charge < -0.3 is 5.32 Å². The molecule has 0 unspecified atom stereocenters. The van der Waals surface area contributed by atoms with Crippen LogP contribution in [0.1, 0.15) is 9.88 Å². The van der Waals surface area contributed by atoms with Crippen LogP contribution in [0.15, 0.2) is 16.5 Å². The second-order valence-corrected chi connectivity index (χ2v) is 3.79. The Morgan fingerprint density at radius 1 is 1.71 bits per heavy atom. The van der Waals surface area contributed by atoms with Crippen molar-refractivity contribution < 1.29 is 0 Å². The van der Waals surface area contributed by atoms with Crippen molar-refractivity contribution in [2.24, 2.45) is 10.3 Å². The van der Waals surface area contributed by atoms with Gasteiger partial charge >= 0.3 is 0 Å². The third-order valence-electron chi connectivity index (χ3n) is 1.47. The Morgan fingerprint density at radius 3 is 3.00 bits per heavy atom. The summed E-state index contributed by atoms with van der Waals surface area (Å²) in [4.78, 5) is 18.9. The van der Waals surface area contributed by atoms with Crippen LogP contribution in [-0.4, -0.2) is 18.0 Å². The Kier molecular flexibility index (Phi) is 3.99. The summed E-state index contributed by atoms with van der Waals surface area (Å²) in [5, 5.41) is 6.45. The van der Waals surface area contributed by atoms with Crippen LogP contribution < -0.4 is 10.7 Å². The van der Waals surface area contributed by atoms with E-state index >= 15 is 0 Å². The molecule has 0 saturated carbocycles. The van der Waals surface area contributed by atoms with E-state index in [1.165, 1.54) is 0 Å². The first-order valence-electron chi connectivity index (χ1n) is 3.96. The minimum absolute atomic E-state index is 0.353. The molecule has 1 aromatic heterocycles. The van der Waals surface area contributed by atoms with Gasteiger partial charge in [0.2, 0.25) is 5.96 Å². The highest BCUT2D eigenvalue weighted by Crippen LogP contribution is 2.10. The zero-order chi connectivity index (χ0) is 10.4. The number of nitrogens with one attached hydrogen (secondary N) is 2. The molecule has 1 aromatic rings. The van der Waals surface area contributed by atoms with Crippen molar-refractivity contribution in [2.45, 2.75) is 13.5 Å². The zero-order valence-corrected chi connectivity index (χ0v) is 8.76. The van der Waals surface area contributed by atoms with Gasteiger partial charge in [-0.05, 0) is 6.92 Å². The summed E-state index contributed by atoms with van der Waals surface area (Å²) in [6, 6.07) is 0. The molecule has 0 bridgehead atoms. The zero-order valence-electron chi connectivity index (χ0n) is 7.94. The van der Waals surface area contributed by atoms with Gasteiger partial charge in [-0.25, -0.2) is 10.4 Å². The number of nitrogens with zero attached hydrogens (tertiary/aromatic N) is 3. The number of aryl methyl sites for hydroxylation is 1. The normalized spacial score (nSPS) is 11.1. The highest BCUT2D eigenvalue weighted by Gasteiger charge is 1.99. The monoisotopic (exact) mass is 213 g/mol. The van der Waals surface area contributed by atoms with Gasteiger partial charge in [-0.2, -0.15) is 0 Å². The molecule has 0 spiro atoms. The molecule has 0 atom stereocenters. The molecule has 7 heteroatoms. The first kappa shape index (κ1) is 10.6. The fourth-order valence-corrected chi connectivity index (χ4v) is 1.60. The topological polar surface area (TPSA) is 78.7 Å². The lowest BCUT2D eigenvalue weighted by atomic mass is 10.5. The molecule has 14 heavy (non-hydrogen) atoms. The molecule has 2 N–H and O–H groups in total. The van der Waals surface area contributed by atoms with E-state index in [2.05, 4.69) is 26.0 Å². The molecule has 0 amide bonds. The van der Waals surface area contributed by atoms with Crippen LogP contribution in [0.2, 0.25) is 0 Å². The van der Waals surface area contributed by atoms with Crippen molar-refractivity contribution in [2.75, 3.05) is 7.05 Å². The van der Waals surface area contributed by atoms with Crippen LogP contribution in [0.25, 0.3) is 0 Å². The number of hydrogen-bond donors (Lipinski definition) is 2. The molecule has 6 nitrogen and oxygen atoms in total. The van der Waals surface area contributed by atoms with E-state index in [9.17, 15) is 4.91 Å². The van der Waals surface area contributed by atoms with Crippen molar-refractivity contribution in [1.82, 2.24) is 15.7 Å². The summed E-state index contributed by atoms with van der Waals surface area (Å²) in [5.74, 6) is 0.353. The highest BCUT2D eigenvalue weighted by molar-refractivity contribution is 7.11. The molecular weight excluding hydrogens is 202 g/mol. The van der Waals surface area contributed by atoms with E-state index in [-0.39, 0.29) is 0 Å². The van der Waals surface area contributed by atoms with Gasteiger partial charge in [0.1, 0.15) is 0 Å². The lowest BCUT2D eigenvalue weighted by molar-refractivity contribution is 0.845. The molecule has 0 aliphatic carbocycles. The first-order valence-corrected chi connectivity index (χ1v) is 4.78. The van der Waals surface area contributed by atoms with E-state index in [0.717, 1.165) is 9.88 Å². The van der Waals surface area contributed by atoms with E-state index in [4.69, 9.17) is 0 Å². The van der Waals surface area contributed by atoms with E-state index in [0.29, 0.717) is 12.5 Å². The molecule has 0 radical (unpaired) electrons. The third-order valence-corrected chi connectivity index (χ3v) is 2.39. The van der Waals surface area contributed by atoms with E-state index in [1.54, 1.807) is 24.6 Å². The predicted molar refractivity (Wildman–Crippen MR) is 56.0 cm³/mol. The van der Waals surface area contributed by atoms with Gasteiger partial charge in [0.15, 0.2) is 0 Å². The summed E-state index contributed by atoms with van der Waals surface area (Å²) >= 11 is 1.59. The van der Waals surface area contributed by atoms with Crippen molar-refractivity contribution in [3.8, 4) is 0 Å². The third kappa shape index (κ3) is 3.09. The summed E-state index contributed by atoms with van der Waals surface area (Å²) in [6.45, 7) is 2.52. The first-order chi connectivity index (χ1) is 6.76. The molecule has 0 aromatic carbocycles. The Labute approximate surface area is 85.4 Å². The standard InChI is InChI=1S/C7H11N5OS/c1-5-9-3-6(14-5)4-10-7(8-2)11-12-13/h3H,4H2,1-2H3,(H2,8,10,11,13). The molecule has 1 heterocycles. The van der Waals surface area contributed by atoms with Crippen LogP contribution in [0.3, 0.4) is 0 Å². The minimum atomic E-state index is 0.353. The second kappa shape index (κ2) is 5.28. The maximum Gasteiger partial charge on any atom is 0.214 e. The smallest absolute Gasteiger partial charge is 0.214 e. The predicted octanol–water partition coefficient (Wildman–Crippen LogP) is 0.798. The highest BCUT2D eigenvalue weighted by atomic mass is 32.1. The Bertz CT molecular complexity index is 335. The van der Waals surface area contributed by atoms with Crippen LogP contribution >= 0.6 is 11.3 Å². The maximum absolute atomic E-state index is 9.90. The van der Waals surface area contributed by atoms with Gasteiger partial charge in [0, 0.05) is 18.1 Å². The van der Waals surface area contributed by atoms with Gasteiger partial charge in [-0.1, -0.05) is 0 Å². The quantitative estimate of drug-likeness (QED) is 0.337. The van der Waals surface area contributed by atoms with Crippen LogP contribution in [0, 0.1) is 11.8 Å². The Hall–Kier alpha value is -1.50. The molecule has 0 fully saturated rings. The summed E-state index contributed by atoms with van der Waals surface area (Å²) in [5.41, 5.74) is 2.20. The number of nitroso groups, excluding NO2 is 1. The van der Waals surface area contributed by atoms with Crippen molar-refractivity contribution in [3.05, 3.63) is 21.0 Å². The number of guanidine groups is 1. The fourth-order valence-electron chi connectivity index (χ4n) is 0.870. The van der Waals surface area contributed by atoms with Crippen LogP contribution in [0.4, 0.5) is 0 Å². The van der Waals surface area contributed by atoms with Gasteiger partial charge in [0.05, 0.1) is 16.8 Å². The lowest BCUT2D eigenvalue weighted by Gasteiger charge is -2.03. The van der Waals surface area contributed by atoms with Crippen molar-refractivity contribution in [1.29, 1.82) is 0 Å². The number of hydrogen-bond acceptors (Lipinski definition) is 5. The van der Waals surface area contributed by atoms with Crippen LogP contribution in [0.5, 0.6) is 0 Å². The van der Waals surface area contributed by atoms with E-state index < -0.39 is 0 Å². The van der Waals surface area contributed by atoms with Gasteiger partial charge in [-0.3, -0.25) is 4.99 Å². The largest absolute Gasteiger partial charge is 0.350 e. The number of aliphatic imine (C=N–C) groups is 1. The molecule has 0 saturated heterocycles. The number of aromatic nitrogens is 1. The number of rotatable bonds is 3. The Balaban J connectivity index is 2.43. The molecular formula is C7H11N5OS. The molecule has 76 valence electrons. The summed E-state index contributed by atoms with van der Waals surface area (Å²) in [6.07, 6.45) is 1.79. The average molecular weight is 213 g/mol. The number of thiazole rings is 1. The average Bonchev–Trinajstić information content (AvgIpc) is 2.59. The minimum Gasteiger partial charge on any atom is -0.350 e. The summed E-state index contributed by atoms with van der Waals surface area (Å²) < 4.78 is 0. The van der Waals surface area contributed by atoms with Gasteiger partial charge in [-0.15, -0.1) is 16.2 Å². The maximum atomic E-state index is 9.90. The Morgan fingerprint density at radius 2 is 2.50 bits per heavy atom. The summed E-state index contributed by atoms with van der Waals surface area (Å²) in [7, 11) is 1.57. The molecule has 1 rings (SSSR count). The second-order valence-electron chi connectivity index (χ2n) is 2.47. The van der Waals surface area contributed by atoms with Crippen molar-refractivity contribution in [3.63, 3.8) is 0 Å². The fraction of sp³-hybridized carbons (Fsp3) is 0.429. The lowest BCUT2D eigenvalue weighted by Crippen LogP contribution is -2.33. The van der Waals surface area contributed by atoms with E-state index in [1.807, 2.05) is 6.92 Å². The van der Waals surface area contributed by atoms with Crippen molar-refractivity contribution >= 4 is 17.3 Å². The van der Waals surface area contributed by atoms with Gasteiger partial charge in [0.25, 0.3) is 0 Å². The SMILES string of the molecule is CN=C(NCc1cnc(C)s1)NN=O. The molecule has 0 aliphatic rings.